The van der Waals surface area contributed by atoms with Gasteiger partial charge in [-0.15, -0.1) is 0 Å². The van der Waals surface area contributed by atoms with E-state index < -0.39 is 5.54 Å². The van der Waals surface area contributed by atoms with E-state index in [1.165, 1.54) is 17.7 Å². The zero-order valence-corrected chi connectivity index (χ0v) is 15.2. The Kier molecular flexibility index (Phi) is 4.32. The molecule has 0 amide bonds. The maximum Gasteiger partial charge on any atom is 0.152 e. The van der Waals surface area contributed by atoms with Crippen molar-refractivity contribution in [2.24, 2.45) is 10.2 Å². The first-order valence-electron chi connectivity index (χ1n) is 8.74. The summed E-state index contributed by atoms with van der Waals surface area (Å²) in [5.41, 5.74) is 4.01. The second kappa shape index (κ2) is 6.80. The molecule has 0 bridgehead atoms. The lowest BCUT2D eigenvalue weighted by atomic mass is 9.83. The van der Waals surface area contributed by atoms with E-state index in [2.05, 4.69) is 29.3 Å². The minimum absolute atomic E-state index is 0.277. The van der Waals surface area contributed by atoms with Crippen molar-refractivity contribution in [1.82, 2.24) is 0 Å². The van der Waals surface area contributed by atoms with Crippen LogP contribution in [0.15, 0.2) is 89.1 Å². The van der Waals surface area contributed by atoms with Gasteiger partial charge < -0.3 is 4.74 Å². The van der Waals surface area contributed by atoms with Gasteiger partial charge in [-0.3, -0.25) is 0 Å². The summed E-state index contributed by atoms with van der Waals surface area (Å²) < 4.78 is 18.8. The van der Waals surface area contributed by atoms with Crippen LogP contribution in [0.5, 0.6) is 5.75 Å². The van der Waals surface area contributed by atoms with Crippen molar-refractivity contribution >= 4 is 5.70 Å². The maximum absolute atomic E-state index is 13.5. The number of rotatable bonds is 4. The van der Waals surface area contributed by atoms with Crippen molar-refractivity contribution in [2.75, 3.05) is 7.11 Å². The number of aryl methyl sites for hydroxylation is 1. The molecule has 27 heavy (non-hydrogen) atoms. The standard InChI is InChI=1S/C23H19FN2O/c1-16-3-5-17(6-4-16)22-15-23(26-25-22,18-7-11-20(24)12-8-18)19-9-13-21(27-2)14-10-19/h3-15H,1-2H3. The molecule has 0 aliphatic carbocycles. The van der Waals surface area contributed by atoms with Crippen LogP contribution in [0.25, 0.3) is 5.70 Å². The Morgan fingerprint density at radius 2 is 1.41 bits per heavy atom. The van der Waals surface area contributed by atoms with E-state index in [0.717, 1.165) is 28.1 Å². The minimum atomic E-state index is -0.791. The fraction of sp³-hybridized carbons (Fsp3) is 0.130. The molecule has 0 aromatic heterocycles. The normalized spacial score (nSPS) is 18.4. The Labute approximate surface area is 157 Å². The Morgan fingerprint density at radius 3 is 2.00 bits per heavy atom. The van der Waals surface area contributed by atoms with Crippen LogP contribution in [0.3, 0.4) is 0 Å². The van der Waals surface area contributed by atoms with Gasteiger partial charge in [0.2, 0.25) is 0 Å². The number of benzene rings is 3. The van der Waals surface area contributed by atoms with Gasteiger partial charge in [0.05, 0.1) is 12.8 Å². The van der Waals surface area contributed by atoms with E-state index in [4.69, 9.17) is 4.74 Å². The van der Waals surface area contributed by atoms with Crippen molar-refractivity contribution in [1.29, 1.82) is 0 Å². The SMILES string of the molecule is COc1ccc(C2(c3ccc(F)cc3)C=C(c3ccc(C)cc3)N=N2)cc1. The third-order valence-electron chi connectivity index (χ3n) is 4.82. The lowest BCUT2D eigenvalue weighted by molar-refractivity contribution is 0.414. The molecule has 0 N–H and O–H groups in total. The van der Waals surface area contributed by atoms with Gasteiger partial charge in [0.1, 0.15) is 11.6 Å². The number of hydrogen-bond donors (Lipinski definition) is 0. The number of ether oxygens (including phenoxy) is 1. The van der Waals surface area contributed by atoms with E-state index in [0.29, 0.717) is 0 Å². The Hall–Kier alpha value is -3.27. The molecular formula is C23H19FN2O. The molecule has 4 heteroatoms. The molecule has 3 nitrogen and oxygen atoms in total. The quantitative estimate of drug-likeness (QED) is 0.572. The Balaban J connectivity index is 1.85. The van der Waals surface area contributed by atoms with Gasteiger partial charge in [0, 0.05) is 5.56 Å². The van der Waals surface area contributed by atoms with Gasteiger partial charge in [-0.2, -0.15) is 10.2 Å². The van der Waals surface area contributed by atoms with E-state index in [1.807, 2.05) is 42.5 Å². The fourth-order valence-corrected chi connectivity index (χ4v) is 3.25. The van der Waals surface area contributed by atoms with Crippen LogP contribution in [0, 0.1) is 12.7 Å². The molecule has 1 heterocycles. The van der Waals surface area contributed by atoms with Crippen LogP contribution < -0.4 is 4.74 Å². The number of halogens is 1. The monoisotopic (exact) mass is 358 g/mol. The summed E-state index contributed by atoms with van der Waals surface area (Å²) in [6.07, 6.45) is 2.03. The van der Waals surface area contributed by atoms with Gasteiger partial charge >= 0.3 is 0 Å². The van der Waals surface area contributed by atoms with Crippen molar-refractivity contribution < 1.29 is 9.13 Å². The number of nitrogens with zero attached hydrogens (tertiary/aromatic N) is 2. The van der Waals surface area contributed by atoms with Crippen LogP contribution in [0.4, 0.5) is 4.39 Å². The van der Waals surface area contributed by atoms with Crippen molar-refractivity contribution in [3.05, 3.63) is 107 Å². The third kappa shape index (κ3) is 3.14. The molecule has 0 spiro atoms. The number of methoxy groups -OCH3 is 1. The molecule has 0 fully saturated rings. The zero-order valence-electron chi connectivity index (χ0n) is 15.2. The van der Waals surface area contributed by atoms with Gasteiger partial charge in [-0.1, -0.05) is 54.1 Å². The smallest absolute Gasteiger partial charge is 0.152 e. The van der Waals surface area contributed by atoms with E-state index in [1.54, 1.807) is 19.2 Å². The second-order valence-electron chi connectivity index (χ2n) is 6.60. The number of hydrogen-bond acceptors (Lipinski definition) is 3. The predicted molar refractivity (Wildman–Crippen MR) is 104 cm³/mol. The summed E-state index contributed by atoms with van der Waals surface area (Å²) in [4.78, 5) is 0. The molecule has 1 unspecified atom stereocenters. The largest absolute Gasteiger partial charge is 0.497 e. The molecular weight excluding hydrogens is 339 g/mol. The summed E-state index contributed by atoms with van der Waals surface area (Å²) in [6, 6.07) is 22.3. The first-order valence-corrected chi connectivity index (χ1v) is 8.74. The van der Waals surface area contributed by atoms with E-state index in [-0.39, 0.29) is 5.82 Å². The van der Waals surface area contributed by atoms with Crippen molar-refractivity contribution in [3.8, 4) is 5.75 Å². The molecule has 0 saturated carbocycles. The minimum Gasteiger partial charge on any atom is -0.497 e. The average molecular weight is 358 g/mol. The topological polar surface area (TPSA) is 34.0 Å². The van der Waals surface area contributed by atoms with E-state index >= 15 is 0 Å². The number of azo groups is 1. The molecule has 0 saturated heterocycles. The van der Waals surface area contributed by atoms with Crippen LogP contribution in [-0.4, -0.2) is 7.11 Å². The van der Waals surface area contributed by atoms with Gasteiger partial charge in [0.15, 0.2) is 5.54 Å². The first-order chi connectivity index (χ1) is 13.1. The summed E-state index contributed by atoms with van der Waals surface area (Å²) in [5.74, 6) is 0.493. The van der Waals surface area contributed by atoms with Gasteiger partial charge in [-0.05, 0) is 48.4 Å². The second-order valence-corrected chi connectivity index (χ2v) is 6.60. The molecule has 3 aromatic carbocycles. The van der Waals surface area contributed by atoms with Crippen LogP contribution >= 0.6 is 0 Å². The zero-order chi connectivity index (χ0) is 18.9. The lowest BCUT2D eigenvalue weighted by Crippen LogP contribution is -2.20. The maximum atomic E-state index is 13.5. The molecule has 1 aliphatic rings. The molecule has 134 valence electrons. The fourth-order valence-electron chi connectivity index (χ4n) is 3.25. The first kappa shape index (κ1) is 17.2. The molecule has 1 aliphatic heterocycles. The van der Waals surface area contributed by atoms with Crippen LogP contribution in [-0.2, 0) is 5.54 Å². The summed E-state index contributed by atoms with van der Waals surface area (Å²) in [7, 11) is 1.63. The highest BCUT2D eigenvalue weighted by atomic mass is 19.1. The molecule has 1 atom stereocenters. The lowest BCUT2D eigenvalue weighted by Gasteiger charge is -2.24. The highest BCUT2D eigenvalue weighted by molar-refractivity contribution is 5.70. The molecule has 3 aromatic rings. The van der Waals surface area contributed by atoms with Gasteiger partial charge in [0.25, 0.3) is 0 Å². The summed E-state index contributed by atoms with van der Waals surface area (Å²) in [5, 5.41) is 9.11. The predicted octanol–water partition coefficient (Wildman–Crippen LogP) is 5.89. The Bertz CT molecular complexity index is 1010. The van der Waals surface area contributed by atoms with E-state index in [9.17, 15) is 4.39 Å². The molecule has 0 radical (unpaired) electrons. The van der Waals surface area contributed by atoms with Crippen LogP contribution in [0.2, 0.25) is 0 Å². The average Bonchev–Trinajstić information content (AvgIpc) is 3.16. The van der Waals surface area contributed by atoms with Crippen LogP contribution in [0.1, 0.15) is 22.3 Å². The third-order valence-corrected chi connectivity index (χ3v) is 4.82. The summed E-state index contributed by atoms with van der Waals surface area (Å²) in [6.45, 7) is 2.05. The van der Waals surface area contributed by atoms with Crippen molar-refractivity contribution in [3.63, 3.8) is 0 Å². The highest BCUT2D eigenvalue weighted by Crippen LogP contribution is 2.43. The molecule has 4 rings (SSSR count). The van der Waals surface area contributed by atoms with Crippen molar-refractivity contribution in [2.45, 2.75) is 12.5 Å². The highest BCUT2D eigenvalue weighted by Gasteiger charge is 2.36. The Morgan fingerprint density at radius 1 is 0.815 bits per heavy atom. The van der Waals surface area contributed by atoms with Gasteiger partial charge in [-0.25, -0.2) is 4.39 Å². The summed E-state index contributed by atoms with van der Waals surface area (Å²) >= 11 is 0.